The standard InChI is InChI=1S/C21H19FN4O2S2/c1-14-6-7-15(10-18(14)22)23-20(27)13-30-21-25-24-19(11-17-5-3-9-29-17)26(21)12-16-4-2-8-28-16/h2-10H,11-13H2,1H3,(H,23,27). The molecule has 0 fully saturated rings. The zero-order valence-electron chi connectivity index (χ0n) is 16.2. The van der Waals surface area contributed by atoms with Crippen LogP contribution >= 0.6 is 23.1 Å². The molecule has 3 aromatic heterocycles. The lowest BCUT2D eigenvalue weighted by atomic mass is 10.2. The summed E-state index contributed by atoms with van der Waals surface area (Å²) >= 11 is 2.94. The number of carbonyl (C=O) groups is 1. The van der Waals surface area contributed by atoms with Crippen LogP contribution in [-0.2, 0) is 17.8 Å². The van der Waals surface area contributed by atoms with E-state index in [4.69, 9.17) is 4.42 Å². The van der Waals surface area contributed by atoms with E-state index in [0.29, 0.717) is 29.4 Å². The van der Waals surface area contributed by atoms with Gasteiger partial charge in [-0.15, -0.1) is 21.5 Å². The third-order valence-corrected chi connectivity index (χ3v) is 6.23. The lowest BCUT2D eigenvalue weighted by molar-refractivity contribution is -0.113. The molecule has 0 atom stereocenters. The van der Waals surface area contributed by atoms with E-state index < -0.39 is 0 Å². The first kappa shape index (κ1) is 20.4. The molecule has 0 radical (unpaired) electrons. The van der Waals surface area contributed by atoms with Gasteiger partial charge >= 0.3 is 0 Å². The summed E-state index contributed by atoms with van der Waals surface area (Å²) in [5.74, 6) is 1.12. The second-order valence-corrected chi connectivity index (χ2v) is 8.60. The normalized spacial score (nSPS) is 11.0. The number of anilines is 1. The van der Waals surface area contributed by atoms with Crippen LogP contribution in [0.1, 0.15) is 22.0 Å². The minimum atomic E-state index is -0.350. The van der Waals surface area contributed by atoms with Crippen LogP contribution in [0.5, 0.6) is 0 Å². The highest BCUT2D eigenvalue weighted by molar-refractivity contribution is 7.99. The zero-order valence-corrected chi connectivity index (χ0v) is 17.8. The van der Waals surface area contributed by atoms with Gasteiger partial charge in [-0.25, -0.2) is 4.39 Å². The van der Waals surface area contributed by atoms with E-state index in [9.17, 15) is 9.18 Å². The van der Waals surface area contributed by atoms with Crippen LogP contribution in [0, 0.1) is 12.7 Å². The summed E-state index contributed by atoms with van der Waals surface area (Å²) in [6.45, 7) is 2.16. The average Bonchev–Trinajstić information content (AvgIpc) is 3.48. The topological polar surface area (TPSA) is 73.0 Å². The summed E-state index contributed by atoms with van der Waals surface area (Å²) in [4.78, 5) is 13.5. The van der Waals surface area contributed by atoms with Crippen molar-refractivity contribution in [3.63, 3.8) is 0 Å². The fourth-order valence-electron chi connectivity index (χ4n) is 2.84. The predicted molar refractivity (Wildman–Crippen MR) is 115 cm³/mol. The van der Waals surface area contributed by atoms with E-state index in [0.717, 1.165) is 11.6 Å². The van der Waals surface area contributed by atoms with Gasteiger partial charge in [-0.05, 0) is 48.2 Å². The lowest BCUT2D eigenvalue weighted by Gasteiger charge is -2.09. The van der Waals surface area contributed by atoms with Crippen molar-refractivity contribution in [3.8, 4) is 0 Å². The molecule has 6 nitrogen and oxygen atoms in total. The molecule has 154 valence electrons. The van der Waals surface area contributed by atoms with Crippen molar-refractivity contribution in [2.24, 2.45) is 0 Å². The zero-order chi connectivity index (χ0) is 20.9. The maximum absolute atomic E-state index is 13.7. The van der Waals surface area contributed by atoms with E-state index >= 15 is 0 Å². The third kappa shape index (κ3) is 4.98. The summed E-state index contributed by atoms with van der Waals surface area (Å²) in [6, 6.07) is 12.4. The second-order valence-electron chi connectivity index (χ2n) is 6.62. The Labute approximate surface area is 181 Å². The van der Waals surface area contributed by atoms with Gasteiger partial charge in [0.1, 0.15) is 17.4 Å². The smallest absolute Gasteiger partial charge is 0.234 e. The number of aryl methyl sites for hydroxylation is 1. The molecule has 0 aliphatic carbocycles. The highest BCUT2D eigenvalue weighted by Crippen LogP contribution is 2.22. The van der Waals surface area contributed by atoms with Gasteiger partial charge in [0.25, 0.3) is 0 Å². The first-order chi connectivity index (χ1) is 14.6. The number of hydrogen-bond acceptors (Lipinski definition) is 6. The van der Waals surface area contributed by atoms with Crippen LogP contribution in [0.25, 0.3) is 0 Å². The van der Waals surface area contributed by atoms with Crippen molar-refractivity contribution in [2.75, 3.05) is 11.1 Å². The van der Waals surface area contributed by atoms with E-state index in [1.54, 1.807) is 36.7 Å². The molecular weight excluding hydrogens is 423 g/mol. The van der Waals surface area contributed by atoms with E-state index in [2.05, 4.69) is 21.6 Å². The molecule has 1 aromatic carbocycles. The van der Waals surface area contributed by atoms with Crippen LogP contribution < -0.4 is 5.32 Å². The number of benzene rings is 1. The number of nitrogens with one attached hydrogen (secondary N) is 1. The number of aromatic nitrogens is 3. The Morgan fingerprint density at radius 2 is 2.17 bits per heavy atom. The van der Waals surface area contributed by atoms with Gasteiger partial charge in [0, 0.05) is 17.0 Å². The van der Waals surface area contributed by atoms with E-state index in [-0.39, 0.29) is 17.5 Å². The lowest BCUT2D eigenvalue weighted by Crippen LogP contribution is -2.15. The van der Waals surface area contributed by atoms with Gasteiger partial charge in [0.2, 0.25) is 5.91 Å². The molecule has 1 N–H and O–H groups in total. The van der Waals surface area contributed by atoms with Crippen molar-refractivity contribution in [1.29, 1.82) is 0 Å². The number of furan rings is 1. The van der Waals surface area contributed by atoms with Crippen molar-refractivity contribution in [2.45, 2.75) is 25.0 Å². The molecule has 1 amide bonds. The number of thioether (sulfide) groups is 1. The molecular formula is C21H19FN4O2S2. The number of thiophene rings is 1. The summed E-state index contributed by atoms with van der Waals surface area (Å²) in [6.07, 6.45) is 2.28. The van der Waals surface area contributed by atoms with Crippen LogP contribution in [-0.4, -0.2) is 26.4 Å². The highest BCUT2D eigenvalue weighted by Gasteiger charge is 2.16. The fraction of sp³-hybridized carbons (Fsp3) is 0.190. The Hall–Kier alpha value is -2.91. The SMILES string of the molecule is Cc1ccc(NC(=O)CSc2nnc(Cc3cccs3)n2Cc2ccco2)cc1F. The maximum Gasteiger partial charge on any atom is 0.234 e. The van der Waals surface area contributed by atoms with E-state index in [1.807, 2.05) is 28.1 Å². The Morgan fingerprint density at radius 3 is 2.90 bits per heavy atom. The summed E-state index contributed by atoms with van der Waals surface area (Å²) in [7, 11) is 0. The molecule has 0 unspecified atom stereocenters. The van der Waals surface area contributed by atoms with Gasteiger partial charge in [0.05, 0.1) is 18.6 Å². The Bertz CT molecular complexity index is 1120. The summed E-state index contributed by atoms with van der Waals surface area (Å²) < 4.78 is 21.1. The molecule has 4 aromatic rings. The number of hydrogen-bond donors (Lipinski definition) is 1. The molecule has 0 aliphatic heterocycles. The minimum absolute atomic E-state index is 0.130. The molecule has 30 heavy (non-hydrogen) atoms. The van der Waals surface area contributed by atoms with Crippen molar-refractivity contribution < 1.29 is 13.6 Å². The highest BCUT2D eigenvalue weighted by atomic mass is 32.2. The number of amides is 1. The predicted octanol–water partition coefficient (Wildman–Crippen LogP) is 4.75. The minimum Gasteiger partial charge on any atom is -0.467 e. The second kappa shape index (κ2) is 9.27. The van der Waals surface area contributed by atoms with Gasteiger partial charge < -0.3 is 9.73 Å². The molecule has 0 saturated heterocycles. The molecule has 0 aliphatic rings. The Morgan fingerprint density at radius 1 is 1.27 bits per heavy atom. The summed E-state index contributed by atoms with van der Waals surface area (Å²) in [5, 5.41) is 14.0. The maximum atomic E-state index is 13.7. The third-order valence-electron chi connectivity index (χ3n) is 4.39. The number of nitrogens with zero attached hydrogens (tertiary/aromatic N) is 3. The van der Waals surface area contributed by atoms with Crippen LogP contribution in [0.15, 0.2) is 63.7 Å². The average molecular weight is 443 g/mol. The summed E-state index contributed by atoms with van der Waals surface area (Å²) in [5.41, 5.74) is 0.964. The molecule has 9 heteroatoms. The van der Waals surface area contributed by atoms with E-state index in [1.165, 1.54) is 22.7 Å². The van der Waals surface area contributed by atoms with Gasteiger partial charge in [-0.2, -0.15) is 0 Å². The number of halogens is 1. The Balaban J connectivity index is 1.46. The number of carbonyl (C=O) groups excluding carboxylic acids is 1. The first-order valence-corrected chi connectivity index (χ1v) is 11.1. The van der Waals surface area contributed by atoms with Crippen LogP contribution in [0.4, 0.5) is 10.1 Å². The van der Waals surface area contributed by atoms with Crippen LogP contribution in [0.3, 0.4) is 0 Å². The van der Waals surface area contributed by atoms with Crippen molar-refractivity contribution in [3.05, 3.63) is 82.0 Å². The Kier molecular flexibility index (Phi) is 6.29. The van der Waals surface area contributed by atoms with Gasteiger partial charge in [0.15, 0.2) is 5.16 Å². The molecule has 3 heterocycles. The van der Waals surface area contributed by atoms with Crippen LogP contribution in [0.2, 0.25) is 0 Å². The molecule has 0 spiro atoms. The van der Waals surface area contributed by atoms with Crippen molar-refractivity contribution in [1.82, 2.24) is 14.8 Å². The molecule has 0 bridgehead atoms. The van der Waals surface area contributed by atoms with Gasteiger partial charge in [-0.1, -0.05) is 23.9 Å². The number of rotatable bonds is 8. The van der Waals surface area contributed by atoms with Gasteiger partial charge in [-0.3, -0.25) is 9.36 Å². The first-order valence-electron chi connectivity index (χ1n) is 9.24. The van der Waals surface area contributed by atoms with Crippen molar-refractivity contribution >= 4 is 34.7 Å². The molecule has 0 saturated carbocycles. The quantitative estimate of drug-likeness (QED) is 0.399. The monoisotopic (exact) mass is 442 g/mol. The largest absolute Gasteiger partial charge is 0.467 e. The molecule has 4 rings (SSSR count). The fourth-order valence-corrected chi connectivity index (χ4v) is 4.30.